The van der Waals surface area contributed by atoms with Crippen LogP contribution >= 0.6 is 11.8 Å². The van der Waals surface area contributed by atoms with E-state index in [1.54, 1.807) is 11.8 Å². The lowest BCUT2D eigenvalue weighted by Crippen LogP contribution is -2.53. The zero-order valence-corrected chi connectivity index (χ0v) is 19.8. The van der Waals surface area contributed by atoms with Gasteiger partial charge in [-0.15, -0.1) is 0 Å². The lowest BCUT2D eigenvalue weighted by Gasteiger charge is -2.29. The molecule has 0 bridgehead atoms. The van der Waals surface area contributed by atoms with E-state index in [0.717, 1.165) is 30.6 Å². The normalized spacial score (nSPS) is 27.9. The van der Waals surface area contributed by atoms with E-state index in [-0.39, 0.29) is 23.8 Å². The van der Waals surface area contributed by atoms with E-state index in [1.807, 2.05) is 54.8 Å². The van der Waals surface area contributed by atoms with E-state index in [2.05, 4.69) is 17.6 Å². The number of hydrogen-bond acceptors (Lipinski definition) is 5. The van der Waals surface area contributed by atoms with Gasteiger partial charge in [0.1, 0.15) is 5.54 Å². The Morgan fingerprint density at radius 2 is 1.79 bits per heavy atom. The number of carbonyl (C=O) groups excluding carboxylic acids is 3. The molecule has 3 aliphatic rings. The summed E-state index contributed by atoms with van der Waals surface area (Å²) < 4.78 is 0. The predicted molar refractivity (Wildman–Crippen MR) is 131 cm³/mol. The number of para-hydroxylation sites is 1. The van der Waals surface area contributed by atoms with Gasteiger partial charge in [-0.3, -0.25) is 19.7 Å². The third-order valence-corrected chi connectivity index (χ3v) is 7.91. The zero-order chi connectivity index (χ0) is 23.2. The molecular weight excluding hydrogens is 434 g/mol. The van der Waals surface area contributed by atoms with Crippen molar-refractivity contribution in [1.29, 1.82) is 0 Å². The number of aryl methyl sites for hydroxylation is 1. The van der Waals surface area contributed by atoms with Crippen LogP contribution in [0.1, 0.15) is 37.3 Å². The van der Waals surface area contributed by atoms with Gasteiger partial charge in [-0.05, 0) is 55.0 Å². The van der Waals surface area contributed by atoms with Crippen molar-refractivity contribution in [2.45, 2.75) is 44.2 Å². The van der Waals surface area contributed by atoms with Gasteiger partial charge in [0, 0.05) is 17.3 Å². The maximum atomic E-state index is 13.9. The van der Waals surface area contributed by atoms with Gasteiger partial charge in [-0.25, -0.2) is 4.90 Å². The molecule has 2 N–H and O–H groups in total. The lowest BCUT2D eigenvalue weighted by atomic mass is 9.76. The predicted octanol–water partition coefficient (Wildman–Crippen LogP) is 3.71. The van der Waals surface area contributed by atoms with Gasteiger partial charge in [-0.1, -0.05) is 43.7 Å². The molecule has 2 saturated heterocycles. The van der Waals surface area contributed by atoms with Gasteiger partial charge in [0.25, 0.3) is 0 Å². The van der Waals surface area contributed by atoms with Gasteiger partial charge < -0.3 is 5.32 Å². The van der Waals surface area contributed by atoms with E-state index in [9.17, 15) is 14.4 Å². The molecular formula is C26H29N3O3S. The molecule has 4 atom stereocenters. The number of thioether (sulfide) groups is 1. The molecule has 3 heterocycles. The van der Waals surface area contributed by atoms with Gasteiger partial charge >= 0.3 is 0 Å². The number of amides is 3. The van der Waals surface area contributed by atoms with E-state index in [0.29, 0.717) is 17.8 Å². The average Bonchev–Trinajstić information content (AvgIpc) is 3.41. The molecule has 5 rings (SSSR count). The molecule has 2 fully saturated rings. The fraction of sp³-hybridized carbons (Fsp3) is 0.423. The first-order valence-corrected chi connectivity index (χ1v) is 13.1. The molecule has 0 saturated carbocycles. The van der Waals surface area contributed by atoms with Crippen molar-refractivity contribution in [1.82, 2.24) is 5.32 Å². The summed E-state index contributed by atoms with van der Waals surface area (Å²) in [5.41, 5.74) is 2.03. The first-order valence-electron chi connectivity index (χ1n) is 11.7. The first kappa shape index (κ1) is 22.2. The molecule has 33 heavy (non-hydrogen) atoms. The average molecular weight is 464 g/mol. The third kappa shape index (κ3) is 3.32. The molecule has 0 aromatic heterocycles. The number of rotatable bonds is 7. The molecule has 0 radical (unpaired) electrons. The summed E-state index contributed by atoms with van der Waals surface area (Å²) in [6.45, 7) is 2.16. The lowest BCUT2D eigenvalue weighted by molar-refractivity contribution is -0.130. The highest BCUT2D eigenvalue weighted by Crippen LogP contribution is 2.53. The molecule has 6 nitrogen and oxygen atoms in total. The number of nitrogens with one attached hydrogen (secondary N) is 2. The monoisotopic (exact) mass is 463 g/mol. The van der Waals surface area contributed by atoms with Crippen LogP contribution in [0.3, 0.4) is 0 Å². The number of anilines is 2. The number of hydrogen-bond donors (Lipinski definition) is 2. The minimum absolute atomic E-state index is 0.209. The molecule has 2 aromatic rings. The minimum Gasteiger partial charge on any atom is -0.324 e. The molecule has 1 spiro atoms. The van der Waals surface area contributed by atoms with E-state index in [4.69, 9.17) is 0 Å². The Morgan fingerprint density at radius 3 is 2.52 bits per heavy atom. The van der Waals surface area contributed by atoms with Crippen LogP contribution < -0.4 is 15.5 Å². The highest BCUT2D eigenvalue weighted by Gasteiger charge is 2.70. The van der Waals surface area contributed by atoms with Gasteiger partial charge in [0.2, 0.25) is 17.7 Å². The van der Waals surface area contributed by atoms with Crippen LogP contribution in [0, 0.1) is 11.8 Å². The van der Waals surface area contributed by atoms with Crippen molar-refractivity contribution < 1.29 is 14.4 Å². The molecule has 2 aromatic carbocycles. The summed E-state index contributed by atoms with van der Waals surface area (Å²) >= 11 is 1.70. The van der Waals surface area contributed by atoms with Crippen molar-refractivity contribution in [3.05, 3.63) is 59.7 Å². The summed E-state index contributed by atoms with van der Waals surface area (Å²) in [4.78, 5) is 42.3. The second kappa shape index (κ2) is 8.61. The van der Waals surface area contributed by atoms with Crippen LogP contribution in [0.25, 0.3) is 0 Å². The standard InChI is InChI=1S/C26H29N3O3S/c1-3-4-7-16-10-12-17(13-11-16)29-23(30)21-20(14-15-33-2)28-26(22(21)24(29)31)18-8-5-6-9-19(18)27-25(26)32/h5-6,8-13,20-22,28H,3-4,7,14-15H2,1-2H3,(H,27,32)/t20-,21-,22-,26-/m0/s1. The molecule has 3 aliphatic heterocycles. The maximum absolute atomic E-state index is 13.9. The highest BCUT2D eigenvalue weighted by atomic mass is 32.2. The third-order valence-electron chi connectivity index (χ3n) is 7.27. The molecule has 0 unspecified atom stereocenters. The van der Waals surface area contributed by atoms with Crippen LogP contribution in [-0.2, 0) is 26.3 Å². The Labute approximate surface area is 198 Å². The quantitative estimate of drug-likeness (QED) is 0.612. The number of fused-ring (bicyclic) bond motifs is 4. The minimum atomic E-state index is -1.22. The number of imide groups is 1. The van der Waals surface area contributed by atoms with Crippen molar-refractivity contribution >= 4 is 40.9 Å². The number of unbranched alkanes of at least 4 members (excludes halogenated alkanes) is 1. The van der Waals surface area contributed by atoms with Crippen molar-refractivity contribution in [2.75, 3.05) is 22.2 Å². The Bertz CT molecular complexity index is 1100. The van der Waals surface area contributed by atoms with Crippen LogP contribution in [0.2, 0.25) is 0 Å². The second-order valence-electron chi connectivity index (χ2n) is 9.13. The smallest absolute Gasteiger partial charge is 0.250 e. The van der Waals surface area contributed by atoms with E-state index >= 15 is 0 Å². The van der Waals surface area contributed by atoms with Crippen molar-refractivity contribution in [3.8, 4) is 0 Å². The van der Waals surface area contributed by atoms with Crippen LogP contribution in [0.5, 0.6) is 0 Å². The Balaban J connectivity index is 1.55. The number of benzene rings is 2. The largest absolute Gasteiger partial charge is 0.324 e. The van der Waals surface area contributed by atoms with Crippen LogP contribution in [-0.4, -0.2) is 35.8 Å². The highest BCUT2D eigenvalue weighted by molar-refractivity contribution is 7.98. The fourth-order valence-electron chi connectivity index (χ4n) is 5.70. The van der Waals surface area contributed by atoms with Gasteiger partial charge in [0.05, 0.1) is 17.5 Å². The van der Waals surface area contributed by atoms with Crippen molar-refractivity contribution in [2.24, 2.45) is 11.8 Å². The summed E-state index contributed by atoms with van der Waals surface area (Å²) in [5, 5.41) is 6.43. The fourth-order valence-corrected chi connectivity index (χ4v) is 6.19. The van der Waals surface area contributed by atoms with Crippen LogP contribution in [0.4, 0.5) is 11.4 Å². The van der Waals surface area contributed by atoms with Gasteiger partial charge in [0.15, 0.2) is 0 Å². The number of nitrogens with zero attached hydrogens (tertiary/aromatic N) is 1. The SMILES string of the molecule is CCCCc1ccc(N2C(=O)[C@H]3[C@H](CCSC)N[C@]4(C(=O)Nc5ccccc54)[C@@H]3C2=O)cc1. The summed E-state index contributed by atoms with van der Waals surface area (Å²) in [5.74, 6) is -1.24. The van der Waals surface area contributed by atoms with E-state index in [1.165, 1.54) is 10.5 Å². The molecule has 3 amide bonds. The summed E-state index contributed by atoms with van der Waals surface area (Å²) in [7, 11) is 0. The Hall–Kier alpha value is -2.64. The maximum Gasteiger partial charge on any atom is 0.250 e. The second-order valence-corrected chi connectivity index (χ2v) is 10.1. The Morgan fingerprint density at radius 1 is 1.03 bits per heavy atom. The Kier molecular flexibility index (Phi) is 5.79. The van der Waals surface area contributed by atoms with E-state index < -0.39 is 17.4 Å². The number of carbonyl (C=O) groups is 3. The summed E-state index contributed by atoms with van der Waals surface area (Å²) in [6, 6.07) is 14.9. The topological polar surface area (TPSA) is 78.5 Å². The van der Waals surface area contributed by atoms with Crippen molar-refractivity contribution in [3.63, 3.8) is 0 Å². The summed E-state index contributed by atoms with van der Waals surface area (Å²) in [6.07, 6.45) is 5.93. The molecule has 7 heteroatoms. The van der Waals surface area contributed by atoms with Crippen LogP contribution in [0.15, 0.2) is 48.5 Å². The first-order chi connectivity index (χ1) is 16.0. The van der Waals surface area contributed by atoms with Gasteiger partial charge in [-0.2, -0.15) is 11.8 Å². The zero-order valence-electron chi connectivity index (χ0n) is 19.0. The molecule has 0 aliphatic carbocycles. The molecule has 172 valence electrons.